The first-order chi connectivity index (χ1) is 13.5. The first-order valence-electron chi connectivity index (χ1n) is 9.58. The van der Waals surface area contributed by atoms with E-state index in [1.54, 1.807) is 12.1 Å². The average Bonchev–Trinajstić information content (AvgIpc) is 2.58. The topological polar surface area (TPSA) is 75.7 Å². The Morgan fingerprint density at radius 1 is 1.21 bits per heavy atom. The van der Waals surface area contributed by atoms with Crippen molar-refractivity contribution in [3.05, 3.63) is 59.2 Å². The van der Waals surface area contributed by atoms with Crippen LogP contribution in [-0.2, 0) is 14.8 Å². The normalized spacial score (nSPS) is 17.8. The van der Waals surface area contributed by atoms with E-state index >= 15 is 0 Å². The Balaban J connectivity index is 1.85. The summed E-state index contributed by atoms with van der Waals surface area (Å²) in [6.45, 7) is 7.50. The maximum atomic E-state index is 12.9. The molecule has 3 rings (SSSR count). The molecule has 156 valence electrons. The highest BCUT2D eigenvalue weighted by atomic mass is 32.2. The minimum atomic E-state index is -3.62. The number of para-hydroxylation sites is 1. The fraction of sp³-hybridized carbons (Fsp3) is 0.409. The third kappa shape index (κ3) is 4.90. The van der Waals surface area contributed by atoms with Crippen molar-refractivity contribution in [2.75, 3.05) is 17.1 Å². The van der Waals surface area contributed by atoms with Gasteiger partial charge in [0.25, 0.3) is 0 Å². The molecular weight excluding hydrogens is 388 g/mol. The highest BCUT2D eigenvalue weighted by molar-refractivity contribution is 7.92. The van der Waals surface area contributed by atoms with Gasteiger partial charge in [-0.15, -0.1) is 0 Å². The second kappa shape index (κ2) is 7.71. The van der Waals surface area contributed by atoms with Crippen molar-refractivity contribution in [1.29, 1.82) is 0 Å². The van der Waals surface area contributed by atoms with E-state index in [4.69, 9.17) is 4.74 Å². The number of amides is 1. The Labute approximate surface area is 172 Å². The van der Waals surface area contributed by atoms with Gasteiger partial charge in [0, 0.05) is 12.0 Å². The molecule has 0 aliphatic carbocycles. The standard InChI is InChI=1S/C22H28N2O4S/c1-15-10-11-17-18(13-22(3,4)28-20(17)12-15)23-21(25)14-24(29(5,26)27)19-9-7-6-8-16(19)2/h6-12,18H,13-14H2,1-5H3,(H,23,25)/t18-/m0/s1. The summed E-state index contributed by atoms with van der Waals surface area (Å²) >= 11 is 0. The number of nitrogens with one attached hydrogen (secondary N) is 1. The molecule has 0 bridgehead atoms. The number of carbonyl (C=O) groups is 1. The molecule has 0 unspecified atom stereocenters. The highest BCUT2D eigenvalue weighted by Gasteiger charge is 2.35. The van der Waals surface area contributed by atoms with Crippen LogP contribution in [0.2, 0.25) is 0 Å². The van der Waals surface area contributed by atoms with Gasteiger partial charge in [0.05, 0.1) is 18.0 Å². The smallest absolute Gasteiger partial charge is 0.241 e. The van der Waals surface area contributed by atoms with Gasteiger partial charge in [0.1, 0.15) is 17.9 Å². The summed E-state index contributed by atoms with van der Waals surface area (Å²) in [6, 6.07) is 12.8. The molecule has 0 radical (unpaired) electrons. The van der Waals surface area contributed by atoms with Crippen LogP contribution < -0.4 is 14.4 Å². The van der Waals surface area contributed by atoms with Crippen LogP contribution in [-0.4, -0.2) is 32.7 Å². The first kappa shape index (κ1) is 21.2. The molecule has 0 saturated heterocycles. The molecule has 1 N–H and O–H groups in total. The highest BCUT2D eigenvalue weighted by Crippen LogP contribution is 2.39. The van der Waals surface area contributed by atoms with Gasteiger partial charge < -0.3 is 10.1 Å². The molecule has 0 fully saturated rings. The third-order valence-corrected chi connectivity index (χ3v) is 6.16. The molecular formula is C22H28N2O4S. The van der Waals surface area contributed by atoms with Crippen LogP contribution >= 0.6 is 0 Å². The van der Waals surface area contributed by atoms with Crippen LogP contribution in [0.25, 0.3) is 0 Å². The fourth-order valence-corrected chi connectivity index (χ4v) is 4.60. The van der Waals surface area contributed by atoms with Gasteiger partial charge in [0.2, 0.25) is 15.9 Å². The summed E-state index contributed by atoms with van der Waals surface area (Å²) in [5.41, 5.74) is 2.84. The third-order valence-electron chi connectivity index (χ3n) is 5.03. The van der Waals surface area contributed by atoms with Crippen molar-refractivity contribution in [2.24, 2.45) is 0 Å². The number of ether oxygens (including phenoxy) is 1. The molecule has 1 aliphatic rings. The van der Waals surface area contributed by atoms with Gasteiger partial charge in [-0.25, -0.2) is 8.42 Å². The van der Waals surface area contributed by atoms with Gasteiger partial charge in [-0.1, -0.05) is 30.3 Å². The van der Waals surface area contributed by atoms with Crippen LogP contribution in [0, 0.1) is 13.8 Å². The van der Waals surface area contributed by atoms with Crippen LogP contribution in [0.5, 0.6) is 5.75 Å². The molecule has 29 heavy (non-hydrogen) atoms. The van der Waals surface area contributed by atoms with Crippen molar-refractivity contribution < 1.29 is 17.9 Å². The maximum Gasteiger partial charge on any atom is 0.241 e. The molecule has 0 aromatic heterocycles. The Bertz CT molecular complexity index is 1030. The minimum absolute atomic E-state index is 0.250. The number of carbonyl (C=O) groups excluding carboxylic acids is 1. The number of hydrogen-bond acceptors (Lipinski definition) is 4. The van der Waals surface area contributed by atoms with Gasteiger partial charge in [-0.2, -0.15) is 0 Å². The zero-order valence-corrected chi connectivity index (χ0v) is 18.3. The number of aryl methyl sites for hydroxylation is 2. The number of sulfonamides is 1. The maximum absolute atomic E-state index is 12.9. The average molecular weight is 417 g/mol. The summed E-state index contributed by atoms with van der Waals surface area (Å²) < 4.78 is 32.0. The number of benzene rings is 2. The molecule has 1 heterocycles. The van der Waals surface area contributed by atoms with Crippen LogP contribution in [0.4, 0.5) is 5.69 Å². The zero-order chi connectivity index (χ0) is 21.4. The van der Waals surface area contributed by atoms with Crippen molar-refractivity contribution in [3.63, 3.8) is 0 Å². The molecule has 1 atom stereocenters. The SMILES string of the molecule is Cc1ccc2c(c1)OC(C)(C)C[C@@H]2NC(=O)CN(c1ccccc1C)S(C)(=O)=O. The van der Waals surface area contributed by atoms with Crippen LogP contribution in [0.1, 0.15) is 43.0 Å². The largest absolute Gasteiger partial charge is 0.487 e. The second-order valence-corrected chi connectivity index (χ2v) is 10.2. The first-order valence-corrected chi connectivity index (χ1v) is 11.4. The van der Waals surface area contributed by atoms with Crippen LogP contribution in [0.3, 0.4) is 0 Å². The number of rotatable bonds is 5. The molecule has 2 aromatic carbocycles. The summed E-state index contributed by atoms with van der Waals surface area (Å²) in [5.74, 6) is 0.401. The lowest BCUT2D eigenvalue weighted by molar-refractivity contribution is -0.120. The Morgan fingerprint density at radius 2 is 1.90 bits per heavy atom. The van der Waals surface area contributed by atoms with Gasteiger partial charge in [-0.05, 0) is 51.0 Å². The fourth-order valence-electron chi connectivity index (χ4n) is 3.68. The van der Waals surface area contributed by atoms with Gasteiger partial charge >= 0.3 is 0 Å². The quantitative estimate of drug-likeness (QED) is 0.810. The van der Waals surface area contributed by atoms with Gasteiger partial charge in [-0.3, -0.25) is 9.10 Å². The zero-order valence-electron chi connectivity index (χ0n) is 17.5. The number of fused-ring (bicyclic) bond motifs is 1. The van der Waals surface area contributed by atoms with E-state index in [0.29, 0.717) is 12.1 Å². The van der Waals surface area contributed by atoms with Crippen LogP contribution in [0.15, 0.2) is 42.5 Å². The monoisotopic (exact) mass is 416 g/mol. The van der Waals surface area contributed by atoms with Crippen molar-refractivity contribution >= 4 is 21.6 Å². The minimum Gasteiger partial charge on any atom is -0.487 e. The van der Waals surface area contributed by atoms with Crippen molar-refractivity contribution in [3.8, 4) is 5.75 Å². The van der Waals surface area contributed by atoms with E-state index in [0.717, 1.165) is 33.0 Å². The summed E-state index contributed by atoms with van der Waals surface area (Å²) in [4.78, 5) is 12.9. The van der Waals surface area contributed by atoms with E-state index in [9.17, 15) is 13.2 Å². The number of hydrogen-bond donors (Lipinski definition) is 1. The van der Waals surface area contributed by atoms with E-state index in [1.807, 2.05) is 58.0 Å². The summed E-state index contributed by atoms with van der Waals surface area (Å²) in [7, 11) is -3.62. The predicted octanol–water partition coefficient (Wildman–Crippen LogP) is 3.49. The van der Waals surface area contributed by atoms with Crippen molar-refractivity contribution in [2.45, 2.75) is 45.8 Å². The molecule has 6 nitrogen and oxygen atoms in total. The number of anilines is 1. The molecule has 2 aromatic rings. The van der Waals surface area contributed by atoms with E-state index < -0.39 is 15.6 Å². The molecule has 7 heteroatoms. The van der Waals surface area contributed by atoms with E-state index in [1.165, 1.54) is 0 Å². The molecule has 0 spiro atoms. The van der Waals surface area contributed by atoms with E-state index in [-0.39, 0.29) is 18.5 Å². The lowest BCUT2D eigenvalue weighted by atomic mass is 9.89. The predicted molar refractivity (Wildman–Crippen MR) is 115 cm³/mol. The summed E-state index contributed by atoms with van der Waals surface area (Å²) in [5, 5.41) is 3.02. The van der Waals surface area contributed by atoms with Gasteiger partial charge in [0.15, 0.2) is 0 Å². The Kier molecular flexibility index (Phi) is 5.63. The lowest BCUT2D eigenvalue weighted by Gasteiger charge is -2.38. The summed E-state index contributed by atoms with van der Waals surface area (Å²) in [6.07, 6.45) is 1.71. The Morgan fingerprint density at radius 3 is 2.55 bits per heavy atom. The van der Waals surface area contributed by atoms with Crippen molar-refractivity contribution in [1.82, 2.24) is 5.32 Å². The lowest BCUT2D eigenvalue weighted by Crippen LogP contribution is -2.45. The van der Waals surface area contributed by atoms with E-state index in [2.05, 4.69) is 5.32 Å². The molecule has 0 saturated carbocycles. The molecule has 1 aliphatic heterocycles. The second-order valence-electron chi connectivity index (χ2n) is 8.28. The number of nitrogens with zero attached hydrogens (tertiary/aromatic N) is 1. The molecule has 1 amide bonds. The Hall–Kier alpha value is -2.54.